The minimum Gasteiger partial charge on any atom is -0.497 e. The number of halogens is 3. The van der Waals surface area contributed by atoms with Gasteiger partial charge in [-0.05, 0) is 36.2 Å². The van der Waals surface area contributed by atoms with Gasteiger partial charge in [-0.25, -0.2) is 9.78 Å². The number of carbonyl (C=O) groups is 2. The maximum absolute atomic E-state index is 12.4. The van der Waals surface area contributed by atoms with Gasteiger partial charge in [0.15, 0.2) is 0 Å². The number of carboxylic acids is 1. The third-order valence-corrected chi connectivity index (χ3v) is 4.59. The van der Waals surface area contributed by atoms with Gasteiger partial charge in [0, 0.05) is 36.3 Å². The van der Waals surface area contributed by atoms with E-state index in [1.807, 2.05) is 53.2 Å². The molecule has 3 N–H and O–H groups in total. The van der Waals surface area contributed by atoms with Crippen LogP contribution in [0.25, 0.3) is 16.8 Å². The second kappa shape index (κ2) is 10.5. The molecule has 9 nitrogen and oxygen atoms in total. The monoisotopic (exact) mass is 475 g/mol. The molecular weight excluding hydrogens is 455 g/mol. The first-order chi connectivity index (χ1) is 16.2. The topological polar surface area (TPSA) is 122 Å². The summed E-state index contributed by atoms with van der Waals surface area (Å²) in [6.07, 6.45) is 2.88. The highest BCUT2D eigenvalue weighted by molar-refractivity contribution is 5.92. The first kappa shape index (κ1) is 24.3. The zero-order valence-corrected chi connectivity index (χ0v) is 17.8. The number of benzene rings is 1. The predicted molar refractivity (Wildman–Crippen MR) is 115 cm³/mol. The SMILES string of the molecule is COc1cccc(CCNC(=O)c2cn3cc(-c4cn[nH]c4)ccc3n2)c1.O=C(O)C(F)(F)F. The standard InChI is InChI=1S/C20H19N5O2.C2HF3O2/c1-27-17-4-2-3-14(9-17)7-8-21-20(26)18-13-25-12-15(5-6-19(25)24-18)16-10-22-23-11-16;3-2(4,5)1(6)7/h2-6,9-13H,7-8H2,1H3,(H,21,26)(H,22,23);(H,6,7). The van der Waals surface area contributed by atoms with Gasteiger partial charge in [0.25, 0.3) is 5.91 Å². The molecular formula is C22H20F3N5O4. The molecule has 0 atom stereocenters. The van der Waals surface area contributed by atoms with E-state index >= 15 is 0 Å². The summed E-state index contributed by atoms with van der Waals surface area (Å²) < 4.78 is 38.8. The lowest BCUT2D eigenvalue weighted by Gasteiger charge is -2.05. The van der Waals surface area contributed by atoms with E-state index in [0.29, 0.717) is 12.2 Å². The Morgan fingerprint density at radius 2 is 1.94 bits per heavy atom. The zero-order chi connectivity index (χ0) is 24.7. The number of alkyl halides is 3. The number of aliphatic carboxylic acids is 1. The van der Waals surface area contributed by atoms with Crippen LogP contribution in [-0.2, 0) is 11.2 Å². The second-order valence-corrected chi connectivity index (χ2v) is 6.96. The van der Waals surface area contributed by atoms with E-state index in [1.54, 1.807) is 19.5 Å². The molecule has 0 saturated heterocycles. The Kier molecular flexibility index (Phi) is 7.51. The average molecular weight is 475 g/mol. The first-order valence-electron chi connectivity index (χ1n) is 9.86. The van der Waals surface area contributed by atoms with Crippen molar-refractivity contribution in [2.75, 3.05) is 13.7 Å². The Morgan fingerprint density at radius 3 is 2.59 bits per heavy atom. The quantitative estimate of drug-likeness (QED) is 0.393. The molecule has 4 rings (SSSR count). The van der Waals surface area contributed by atoms with Crippen LogP contribution in [-0.4, -0.2) is 56.4 Å². The fourth-order valence-electron chi connectivity index (χ4n) is 2.92. The number of nitrogens with one attached hydrogen (secondary N) is 2. The Hall–Kier alpha value is -4.35. The van der Waals surface area contributed by atoms with Crippen molar-refractivity contribution >= 4 is 17.5 Å². The summed E-state index contributed by atoms with van der Waals surface area (Å²) in [5, 5.41) is 16.8. The summed E-state index contributed by atoms with van der Waals surface area (Å²) >= 11 is 0. The summed E-state index contributed by atoms with van der Waals surface area (Å²) in [6, 6.07) is 11.7. The summed E-state index contributed by atoms with van der Waals surface area (Å²) in [4.78, 5) is 25.7. The van der Waals surface area contributed by atoms with Crippen LogP contribution in [0.2, 0.25) is 0 Å². The van der Waals surface area contributed by atoms with Crippen molar-refractivity contribution in [1.82, 2.24) is 24.9 Å². The lowest BCUT2D eigenvalue weighted by Crippen LogP contribution is -2.25. The van der Waals surface area contributed by atoms with Gasteiger partial charge in [-0.15, -0.1) is 0 Å². The Morgan fingerprint density at radius 1 is 1.18 bits per heavy atom. The number of imidazole rings is 1. The van der Waals surface area contributed by atoms with Crippen LogP contribution in [0.5, 0.6) is 5.75 Å². The zero-order valence-electron chi connectivity index (χ0n) is 17.8. The molecule has 1 aromatic carbocycles. The maximum Gasteiger partial charge on any atom is 0.490 e. The van der Waals surface area contributed by atoms with Crippen LogP contribution in [0.4, 0.5) is 13.2 Å². The van der Waals surface area contributed by atoms with E-state index in [4.69, 9.17) is 14.6 Å². The van der Waals surface area contributed by atoms with E-state index in [0.717, 1.165) is 34.5 Å². The third-order valence-electron chi connectivity index (χ3n) is 4.59. The van der Waals surface area contributed by atoms with Crippen molar-refractivity contribution in [2.45, 2.75) is 12.6 Å². The number of carbonyl (C=O) groups excluding carboxylic acids is 1. The third kappa shape index (κ3) is 6.34. The number of H-pyrrole nitrogens is 1. The molecule has 0 spiro atoms. The summed E-state index contributed by atoms with van der Waals surface area (Å²) in [5.41, 5.74) is 4.20. The molecule has 3 heterocycles. The van der Waals surface area contributed by atoms with Gasteiger partial charge in [-0.1, -0.05) is 12.1 Å². The van der Waals surface area contributed by atoms with Crippen molar-refractivity contribution in [3.05, 3.63) is 72.4 Å². The molecule has 0 fully saturated rings. The van der Waals surface area contributed by atoms with Crippen LogP contribution in [0.3, 0.4) is 0 Å². The number of hydrogen-bond acceptors (Lipinski definition) is 5. The number of rotatable bonds is 6. The summed E-state index contributed by atoms with van der Waals surface area (Å²) in [6.45, 7) is 0.528. The highest BCUT2D eigenvalue weighted by atomic mass is 19.4. The molecule has 0 unspecified atom stereocenters. The van der Waals surface area contributed by atoms with Crippen LogP contribution in [0.15, 0.2) is 61.2 Å². The van der Waals surface area contributed by atoms with Gasteiger partial charge < -0.3 is 19.6 Å². The van der Waals surface area contributed by atoms with Crippen molar-refractivity contribution in [3.8, 4) is 16.9 Å². The normalized spacial score (nSPS) is 10.9. The molecule has 3 aromatic heterocycles. The number of pyridine rings is 1. The highest BCUT2D eigenvalue weighted by Crippen LogP contribution is 2.19. The minimum absolute atomic E-state index is 0.188. The van der Waals surface area contributed by atoms with E-state index in [1.165, 1.54) is 0 Å². The summed E-state index contributed by atoms with van der Waals surface area (Å²) in [7, 11) is 1.64. The average Bonchev–Trinajstić information content (AvgIpc) is 3.48. The molecule has 1 amide bonds. The largest absolute Gasteiger partial charge is 0.497 e. The van der Waals surface area contributed by atoms with Crippen molar-refractivity contribution in [3.63, 3.8) is 0 Å². The van der Waals surface area contributed by atoms with Gasteiger partial charge in [-0.2, -0.15) is 18.3 Å². The van der Waals surface area contributed by atoms with Gasteiger partial charge >= 0.3 is 12.1 Å². The number of nitrogens with zero attached hydrogens (tertiary/aromatic N) is 3. The van der Waals surface area contributed by atoms with Crippen LogP contribution in [0.1, 0.15) is 16.1 Å². The molecule has 178 valence electrons. The Balaban J connectivity index is 0.000000406. The van der Waals surface area contributed by atoms with Gasteiger partial charge in [-0.3, -0.25) is 9.89 Å². The predicted octanol–water partition coefficient (Wildman–Crippen LogP) is 3.34. The van der Waals surface area contributed by atoms with Crippen molar-refractivity contribution < 1.29 is 32.6 Å². The van der Waals surface area contributed by atoms with Crippen molar-refractivity contribution in [1.29, 1.82) is 0 Å². The molecule has 0 aliphatic rings. The second-order valence-electron chi connectivity index (χ2n) is 6.96. The molecule has 4 aromatic rings. The van der Waals surface area contributed by atoms with E-state index in [-0.39, 0.29) is 5.91 Å². The lowest BCUT2D eigenvalue weighted by molar-refractivity contribution is -0.192. The number of hydrogen-bond donors (Lipinski definition) is 3. The summed E-state index contributed by atoms with van der Waals surface area (Å²) in [5.74, 6) is -2.13. The van der Waals surface area contributed by atoms with Crippen LogP contribution < -0.4 is 10.1 Å². The highest BCUT2D eigenvalue weighted by Gasteiger charge is 2.38. The minimum atomic E-state index is -5.08. The van der Waals surface area contributed by atoms with Crippen LogP contribution in [0, 0.1) is 0 Å². The molecule has 12 heteroatoms. The number of aromatic nitrogens is 4. The number of aromatic amines is 1. The van der Waals surface area contributed by atoms with Gasteiger partial charge in [0.1, 0.15) is 17.1 Å². The first-order valence-corrected chi connectivity index (χ1v) is 9.86. The van der Waals surface area contributed by atoms with Crippen molar-refractivity contribution in [2.24, 2.45) is 0 Å². The van der Waals surface area contributed by atoms with E-state index < -0.39 is 12.1 Å². The molecule has 0 bridgehead atoms. The molecule has 0 aliphatic heterocycles. The number of carboxylic acid groups (broad SMARTS) is 1. The number of fused-ring (bicyclic) bond motifs is 1. The Bertz CT molecular complexity index is 1270. The fourth-order valence-corrected chi connectivity index (χ4v) is 2.92. The van der Waals surface area contributed by atoms with E-state index in [2.05, 4.69) is 20.5 Å². The van der Waals surface area contributed by atoms with Gasteiger partial charge in [0.05, 0.1) is 13.3 Å². The smallest absolute Gasteiger partial charge is 0.490 e. The maximum atomic E-state index is 12.4. The Labute approximate surface area is 191 Å². The fraction of sp³-hybridized carbons (Fsp3) is 0.182. The molecule has 0 aliphatic carbocycles. The number of amides is 1. The molecule has 0 saturated carbocycles. The molecule has 34 heavy (non-hydrogen) atoms. The van der Waals surface area contributed by atoms with E-state index in [9.17, 15) is 18.0 Å². The number of methoxy groups -OCH3 is 1. The van der Waals surface area contributed by atoms with Crippen LogP contribution >= 0.6 is 0 Å². The van der Waals surface area contributed by atoms with Gasteiger partial charge in [0.2, 0.25) is 0 Å². The number of ether oxygens (including phenoxy) is 1. The molecule has 0 radical (unpaired) electrons. The lowest BCUT2D eigenvalue weighted by atomic mass is 10.1.